The largest absolute Gasteiger partial charge is 0.463 e. The van der Waals surface area contributed by atoms with E-state index in [2.05, 4.69) is 32.7 Å². The van der Waals surface area contributed by atoms with Crippen LogP contribution in [-0.2, 0) is 17.8 Å². The zero-order valence-electron chi connectivity index (χ0n) is 13.1. The molecule has 7 heteroatoms. The molecule has 0 aliphatic rings. The van der Waals surface area contributed by atoms with Crippen LogP contribution in [-0.4, -0.2) is 39.2 Å². The van der Waals surface area contributed by atoms with E-state index in [4.69, 9.17) is 13.0 Å². The molecule has 0 radical (unpaired) electrons. The van der Waals surface area contributed by atoms with Gasteiger partial charge >= 0.3 is 14.5 Å². The number of allylic oxidation sites excluding steroid dienone is 1. The lowest BCUT2D eigenvalue weighted by atomic mass is 10.5. The molecule has 0 aliphatic carbocycles. The summed E-state index contributed by atoms with van der Waals surface area (Å²) in [7, 11) is -4.25. The molecule has 0 atom stereocenters. The number of rotatable bonds is 9. The number of ether oxygens (including phenoxy) is 1. The lowest BCUT2D eigenvalue weighted by Gasteiger charge is -2.31. The lowest BCUT2D eigenvalue weighted by Crippen LogP contribution is -2.45. The number of carbonyl (C=O) groups excluding carboxylic acids is 1. The van der Waals surface area contributed by atoms with Gasteiger partial charge < -0.3 is 13.0 Å². The van der Waals surface area contributed by atoms with Crippen LogP contribution in [0.5, 0.6) is 0 Å². The molecule has 0 N–H and O–H groups in total. The quantitative estimate of drug-likeness (QED) is 0.283. The number of hydrogen-bond acceptors (Lipinski definition) is 4. The van der Waals surface area contributed by atoms with E-state index in [1.807, 2.05) is 0 Å². The standard InChI is InChI=1S/C12H28O4Si3/c1-7-9-12(13)14-10-8-11-19(6,15-17(2)3)16-18(4)5/h7,9,17-18H,8,10-11H2,1-6H3. The summed E-state index contributed by atoms with van der Waals surface area (Å²) in [5.74, 6) is -0.274. The van der Waals surface area contributed by atoms with Gasteiger partial charge in [-0.05, 0) is 52.1 Å². The van der Waals surface area contributed by atoms with Crippen LogP contribution in [0.1, 0.15) is 13.3 Å². The summed E-state index contributed by atoms with van der Waals surface area (Å²) in [5.41, 5.74) is 0. The maximum absolute atomic E-state index is 11.2. The Labute approximate surface area is 121 Å². The second kappa shape index (κ2) is 9.65. The predicted octanol–water partition coefficient (Wildman–Crippen LogP) is 2.57. The van der Waals surface area contributed by atoms with Crippen LogP contribution in [0.25, 0.3) is 0 Å². The van der Waals surface area contributed by atoms with Gasteiger partial charge in [0.25, 0.3) is 0 Å². The fraction of sp³-hybridized carbons (Fsp3) is 0.750. The second-order valence-corrected chi connectivity index (χ2v) is 14.1. The molecule has 0 aromatic carbocycles. The van der Waals surface area contributed by atoms with E-state index in [0.717, 1.165) is 12.5 Å². The zero-order chi connectivity index (χ0) is 14.9. The fourth-order valence-electron chi connectivity index (χ4n) is 1.89. The molecule has 0 amide bonds. The highest BCUT2D eigenvalue weighted by molar-refractivity contribution is 6.79. The molecule has 0 heterocycles. The van der Waals surface area contributed by atoms with Gasteiger partial charge in [0, 0.05) is 6.08 Å². The van der Waals surface area contributed by atoms with Gasteiger partial charge in [0.1, 0.15) is 0 Å². The highest BCUT2D eigenvalue weighted by atomic mass is 28.5. The van der Waals surface area contributed by atoms with Crippen molar-refractivity contribution in [1.82, 2.24) is 0 Å². The summed E-state index contributed by atoms with van der Waals surface area (Å²) in [6.45, 7) is 13.1. The van der Waals surface area contributed by atoms with Gasteiger partial charge in [-0.15, -0.1) is 0 Å². The molecule has 0 bridgehead atoms. The first-order valence-corrected chi connectivity index (χ1v) is 15.0. The molecule has 0 aliphatic heterocycles. The van der Waals surface area contributed by atoms with Crippen LogP contribution in [0.3, 0.4) is 0 Å². The van der Waals surface area contributed by atoms with Crippen LogP contribution < -0.4 is 0 Å². The van der Waals surface area contributed by atoms with Crippen molar-refractivity contribution >= 4 is 32.6 Å². The Hall–Kier alpha value is -0.219. The SMILES string of the molecule is CC=CC(=O)OCCC[Si](C)(O[SiH](C)C)O[SiH](C)C. The molecule has 112 valence electrons. The average molecular weight is 321 g/mol. The summed E-state index contributed by atoms with van der Waals surface area (Å²) in [4.78, 5) is 11.2. The molecular formula is C12H28O4Si3. The van der Waals surface area contributed by atoms with E-state index in [9.17, 15) is 4.79 Å². The molecule has 0 aromatic heterocycles. The fourth-order valence-corrected chi connectivity index (χ4v) is 12.3. The highest BCUT2D eigenvalue weighted by Crippen LogP contribution is 2.18. The smallest absolute Gasteiger partial charge is 0.330 e. The van der Waals surface area contributed by atoms with E-state index in [1.165, 1.54) is 6.08 Å². The van der Waals surface area contributed by atoms with Gasteiger partial charge in [0.15, 0.2) is 18.1 Å². The summed E-state index contributed by atoms with van der Waals surface area (Å²) in [6, 6.07) is 0.895. The Balaban J connectivity index is 4.16. The Bertz CT molecular complexity index is 283. The normalized spacial score (nSPS) is 12.6. The molecule has 19 heavy (non-hydrogen) atoms. The molecule has 0 fully saturated rings. The van der Waals surface area contributed by atoms with E-state index in [-0.39, 0.29) is 5.97 Å². The van der Waals surface area contributed by atoms with Gasteiger partial charge in [-0.3, -0.25) is 0 Å². The minimum absolute atomic E-state index is 0.274. The minimum atomic E-state index is -2.05. The van der Waals surface area contributed by atoms with Gasteiger partial charge in [0.2, 0.25) is 0 Å². The summed E-state index contributed by atoms with van der Waals surface area (Å²) in [6.07, 6.45) is 3.93. The maximum Gasteiger partial charge on any atom is 0.330 e. The second-order valence-electron chi connectivity index (χ2n) is 5.24. The summed E-state index contributed by atoms with van der Waals surface area (Å²) < 4.78 is 17.4. The summed E-state index contributed by atoms with van der Waals surface area (Å²) >= 11 is 0. The van der Waals surface area contributed by atoms with Crippen molar-refractivity contribution in [2.75, 3.05) is 6.61 Å². The molecule has 0 saturated heterocycles. The third-order valence-corrected chi connectivity index (χ3v) is 11.3. The predicted molar refractivity (Wildman–Crippen MR) is 86.7 cm³/mol. The maximum atomic E-state index is 11.2. The van der Waals surface area contributed by atoms with Crippen LogP contribution in [0.4, 0.5) is 0 Å². The zero-order valence-corrected chi connectivity index (χ0v) is 16.4. The van der Waals surface area contributed by atoms with Crippen molar-refractivity contribution in [3.05, 3.63) is 12.2 Å². The first-order chi connectivity index (χ1) is 8.79. The first kappa shape index (κ1) is 18.8. The van der Waals surface area contributed by atoms with Crippen molar-refractivity contribution in [2.24, 2.45) is 0 Å². The van der Waals surface area contributed by atoms with Crippen molar-refractivity contribution in [2.45, 2.75) is 52.1 Å². The van der Waals surface area contributed by atoms with E-state index in [1.54, 1.807) is 13.0 Å². The van der Waals surface area contributed by atoms with E-state index >= 15 is 0 Å². The van der Waals surface area contributed by atoms with E-state index in [0.29, 0.717) is 6.61 Å². The van der Waals surface area contributed by atoms with Crippen molar-refractivity contribution < 1.29 is 17.8 Å². The van der Waals surface area contributed by atoms with E-state index < -0.39 is 26.6 Å². The lowest BCUT2D eigenvalue weighted by molar-refractivity contribution is -0.137. The molecule has 0 aromatic rings. The van der Waals surface area contributed by atoms with Crippen molar-refractivity contribution in [1.29, 1.82) is 0 Å². The molecule has 0 rings (SSSR count). The Morgan fingerprint density at radius 1 is 1.16 bits per heavy atom. The van der Waals surface area contributed by atoms with Crippen LogP contribution in [0.2, 0.25) is 38.8 Å². The Morgan fingerprint density at radius 3 is 2.11 bits per heavy atom. The topological polar surface area (TPSA) is 44.8 Å². The van der Waals surface area contributed by atoms with Crippen LogP contribution in [0.15, 0.2) is 12.2 Å². The third-order valence-electron chi connectivity index (χ3n) is 2.29. The monoisotopic (exact) mass is 320 g/mol. The molecular weight excluding hydrogens is 292 g/mol. The first-order valence-electron chi connectivity index (χ1n) is 6.94. The van der Waals surface area contributed by atoms with Gasteiger partial charge in [-0.2, -0.15) is 0 Å². The highest BCUT2D eigenvalue weighted by Gasteiger charge is 2.32. The van der Waals surface area contributed by atoms with Gasteiger partial charge in [0.05, 0.1) is 6.61 Å². The summed E-state index contributed by atoms with van der Waals surface area (Å²) in [5, 5.41) is 0. The Kier molecular flexibility index (Phi) is 9.54. The van der Waals surface area contributed by atoms with Gasteiger partial charge in [-0.25, -0.2) is 4.79 Å². The molecule has 0 spiro atoms. The molecule has 0 unspecified atom stereocenters. The average Bonchev–Trinajstić information content (AvgIpc) is 2.22. The van der Waals surface area contributed by atoms with Gasteiger partial charge in [-0.1, -0.05) is 6.08 Å². The Morgan fingerprint density at radius 2 is 1.68 bits per heavy atom. The van der Waals surface area contributed by atoms with Crippen LogP contribution >= 0.6 is 0 Å². The number of esters is 1. The number of hydrogen-bond donors (Lipinski definition) is 0. The van der Waals surface area contributed by atoms with Crippen molar-refractivity contribution in [3.8, 4) is 0 Å². The third kappa shape index (κ3) is 10.3. The minimum Gasteiger partial charge on any atom is -0.463 e. The molecule has 4 nitrogen and oxygen atoms in total. The van der Waals surface area contributed by atoms with Crippen LogP contribution in [0, 0.1) is 0 Å². The molecule has 0 saturated carbocycles. The van der Waals surface area contributed by atoms with Crippen molar-refractivity contribution in [3.63, 3.8) is 0 Å². The number of carbonyl (C=O) groups is 1.